The van der Waals surface area contributed by atoms with Crippen molar-refractivity contribution in [1.29, 1.82) is 0 Å². The summed E-state index contributed by atoms with van der Waals surface area (Å²) in [5.41, 5.74) is 6.57. The van der Waals surface area contributed by atoms with E-state index in [9.17, 15) is 5.11 Å². The van der Waals surface area contributed by atoms with Crippen LogP contribution in [0.25, 0.3) is 11.2 Å². The molecule has 2 aliphatic heterocycles. The molecule has 0 aliphatic carbocycles. The van der Waals surface area contributed by atoms with E-state index in [0.717, 1.165) is 35.4 Å². The summed E-state index contributed by atoms with van der Waals surface area (Å²) >= 11 is 0. The van der Waals surface area contributed by atoms with Crippen molar-refractivity contribution in [2.24, 2.45) is 0 Å². The summed E-state index contributed by atoms with van der Waals surface area (Å²) in [6, 6.07) is 10.4. The Bertz CT molecular complexity index is 965. The van der Waals surface area contributed by atoms with Gasteiger partial charge in [0.05, 0.1) is 24.5 Å². The minimum Gasteiger partial charge on any atom is -0.387 e. The molecule has 0 bridgehead atoms. The minimum absolute atomic E-state index is 0.455. The molecule has 1 N–H and O–H groups in total. The SMILES string of the molecule is Cc1cnc2c(n1)c1c(n2CC(O)c2ccccc2)CCN2CCCCC12. The predicted octanol–water partition coefficient (Wildman–Crippen LogP) is 3.56. The molecule has 27 heavy (non-hydrogen) atoms. The molecule has 140 valence electrons. The number of aliphatic hydroxyl groups excluding tert-OH is 1. The molecule has 2 atom stereocenters. The molecule has 1 aromatic carbocycles. The lowest BCUT2D eigenvalue weighted by atomic mass is 9.90. The molecule has 5 nitrogen and oxygen atoms in total. The zero-order valence-corrected chi connectivity index (χ0v) is 15.8. The number of aliphatic hydroxyl groups is 1. The molecule has 0 saturated carbocycles. The highest BCUT2D eigenvalue weighted by Crippen LogP contribution is 2.41. The predicted molar refractivity (Wildman–Crippen MR) is 106 cm³/mol. The quantitative estimate of drug-likeness (QED) is 0.774. The van der Waals surface area contributed by atoms with Gasteiger partial charge in [0, 0.05) is 30.3 Å². The number of aryl methyl sites for hydroxylation is 1. The van der Waals surface area contributed by atoms with Gasteiger partial charge in [-0.15, -0.1) is 0 Å². The van der Waals surface area contributed by atoms with Crippen LogP contribution in [0.3, 0.4) is 0 Å². The van der Waals surface area contributed by atoms with Gasteiger partial charge in [0.15, 0.2) is 5.65 Å². The highest BCUT2D eigenvalue weighted by molar-refractivity contribution is 5.79. The summed E-state index contributed by atoms with van der Waals surface area (Å²) in [6.45, 7) is 4.81. The number of piperidine rings is 1. The van der Waals surface area contributed by atoms with Crippen LogP contribution in [0.15, 0.2) is 36.5 Å². The van der Waals surface area contributed by atoms with E-state index >= 15 is 0 Å². The fourth-order valence-corrected chi connectivity index (χ4v) is 4.86. The Hall–Kier alpha value is -2.24. The number of hydrogen-bond acceptors (Lipinski definition) is 4. The maximum absolute atomic E-state index is 10.9. The van der Waals surface area contributed by atoms with Crippen LogP contribution in [0.5, 0.6) is 0 Å². The molecule has 1 fully saturated rings. The monoisotopic (exact) mass is 362 g/mol. The normalized spacial score (nSPS) is 21.0. The first kappa shape index (κ1) is 16.9. The van der Waals surface area contributed by atoms with Crippen LogP contribution in [-0.2, 0) is 13.0 Å². The second-order valence-corrected chi connectivity index (χ2v) is 7.88. The Kier molecular flexibility index (Phi) is 4.21. The number of benzene rings is 1. The van der Waals surface area contributed by atoms with E-state index in [2.05, 4.69) is 9.47 Å². The van der Waals surface area contributed by atoms with Gasteiger partial charge in [0.2, 0.25) is 0 Å². The Morgan fingerprint density at radius 1 is 1.19 bits per heavy atom. The van der Waals surface area contributed by atoms with Gasteiger partial charge < -0.3 is 9.67 Å². The van der Waals surface area contributed by atoms with E-state index in [0.29, 0.717) is 12.6 Å². The molecule has 1 saturated heterocycles. The van der Waals surface area contributed by atoms with Crippen molar-refractivity contribution in [2.75, 3.05) is 13.1 Å². The highest BCUT2D eigenvalue weighted by atomic mass is 16.3. The van der Waals surface area contributed by atoms with Crippen LogP contribution in [0.1, 0.15) is 53.9 Å². The Labute approximate surface area is 159 Å². The van der Waals surface area contributed by atoms with Crippen LogP contribution >= 0.6 is 0 Å². The van der Waals surface area contributed by atoms with Gasteiger partial charge in [-0.1, -0.05) is 36.8 Å². The van der Waals surface area contributed by atoms with E-state index in [1.807, 2.05) is 43.5 Å². The van der Waals surface area contributed by atoms with Crippen LogP contribution in [0, 0.1) is 6.92 Å². The summed E-state index contributed by atoms with van der Waals surface area (Å²) in [4.78, 5) is 12.2. The maximum Gasteiger partial charge on any atom is 0.159 e. The van der Waals surface area contributed by atoms with E-state index < -0.39 is 6.10 Å². The first-order valence-corrected chi connectivity index (χ1v) is 10.0. The van der Waals surface area contributed by atoms with Crippen molar-refractivity contribution >= 4 is 11.2 Å². The summed E-state index contributed by atoms with van der Waals surface area (Å²) in [7, 11) is 0. The zero-order valence-electron chi connectivity index (χ0n) is 15.8. The van der Waals surface area contributed by atoms with Crippen LogP contribution < -0.4 is 0 Å². The van der Waals surface area contributed by atoms with Crippen molar-refractivity contribution < 1.29 is 5.11 Å². The standard InChI is InChI=1S/C22H26N4O/c1-15-13-23-22-21(24-15)20-17-9-5-6-11-25(17)12-10-18(20)26(22)14-19(27)16-7-3-2-4-8-16/h2-4,7-8,13,17,19,27H,5-6,9-12,14H2,1H3. The fourth-order valence-electron chi connectivity index (χ4n) is 4.86. The average molecular weight is 362 g/mol. The first-order chi connectivity index (χ1) is 13.2. The molecule has 0 amide bonds. The number of aromatic nitrogens is 3. The topological polar surface area (TPSA) is 54.2 Å². The number of rotatable bonds is 3. The molecule has 3 aromatic rings. The van der Waals surface area contributed by atoms with Crippen molar-refractivity contribution in [3.8, 4) is 0 Å². The molecule has 0 radical (unpaired) electrons. The molecule has 5 rings (SSSR count). The maximum atomic E-state index is 10.9. The third kappa shape index (κ3) is 2.86. The Balaban J connectivity index is 1.63. The molecule has 2 aliphatic rings. The van der Waals surface area contributed by atoms with Crippen LogP contribution in [0.4, 0.5) is 0 Å². The van der Waals surface area contributed by atoms with Gasteiger partial charge in [0.25, 0.3) is 0 Å². The number of fused-ring (bicyclic) bond motifs is 5. The molecule has 2 aromatic heterocycles. The largest absolute Gasteiger partial charge is 0.387 e. The number of nitrogens with zero attached hydrogens (tertiary/aromatic N) is 4. The van der Waals surface area contributed by atoms with Crippen LogP contribution in [0.2, 0.25) is 0 Å². The van der Waals surface area contributed by atoms with Gasteiger partial charge in [0.1, 0.15) is 5.52 Å². The minimum atomic E-state index is -0.543. The van der Waals surface area contributed by atoms with Gasteiger partial charge in [-0.05, 0) is 31.9 Å². The highest BCUT2D eigenvalue weighted by Gasteiger charge is 2.35. The first-order valence-electron chi connectivity index (χ1n) is 10.0. The summed E-state index contributed by atoms with van der Waals surface area (Å²) in [5, 5.41) is 10.9. The number of hydrogen-bond donors (Lipinski definition) is 1. The lowest BCUT2D eigenvalue weighted by molar-refractivity contribution is 0.133. The van der Waals surface area contributed by atoms with Gasteiger partial charge >= 0.3 is 0 Å². The smallest absolute Gasteiger partial charge is 0.159 e. The fraction of sp³-hybridized carbons (Fsp3) is 0.455. The molecular formula is C22H26N4O. The lowest BCUT2D eigenvalue weighted by Crippen LogP contribution is -2.39. The van der Waals surface area contributed by atoms with E-state index in [-0.39, 0.29) is 0 Å². The van der Waals surface area contributed by atoms with Crippen molar-refractivity contribution in [1.82, 2.24) is 19.4 Å². The Morgan fingerprint density at radius 2 is 2.04 bits per heavy atom. The molecule has 4 heterocycles. The summed E-state index contributed by atoms with van der Waals surface area (Å²) in [5.74, 6) is 0. The summed E-state index contributed by atoms with van der Waals surface area (Å²) < 4.78 is 2.24. The van der Waals surface area contributed by atoms with Gasteiger partial charge in [-0.3, -0.25) is 4.90 Å². The van der Waals surface area contributed by atoms with Crippen LogP contribution in [-0.4, -0.2) is 37.6 Å². The lowest BCUT2D eigenvalue weighted by Gasteiger charge is -2.39. The third-order valence-corrected chi connectivity index (χ3v) is 6.14. The molecule has 5 heteroatoms. The average Bonchev–Trinajstić information content (AvgIpc) is 3.02. The van der Waals surface area contributed by atoms with Gasteiger partial charge in [-0.25, -0.2) is 9.97 Å². The Morgan fingerprint density at radius 3 is 2.89 bits per heavy atom. The second kappa shape index (κ2) is 6.73. The van der Waals surface area contributed by atoms with Crippen molar-refractivity contribution in [3.63, 3.8) is 0 Å². The third-order valence-electron chi connectivity index (χ3n) is 6.14. The molecule has 2 unspecified atom stereocenters. The summed E-state index contributed by atoms with van der Waals surface area (Å²) in [6.07, 6.45) is 6.07. The van der Waals surface area contributed by atoms with Gasteiger partial charge in [-0.2, -0.15) is 0 Å². The van der Waals surface area contributed by atoms with Crippen molar-refractivity contribution in [3.05, 3.63) is 59.0 Å². The van der Waals surface area contributed by atoms with E-state index in [1.54, 1.807) is 0 Å². The van der Waals surface area contributed by atoms with E-state index in [4.69, 9.17) is 9.97 Å². The second-order valence-electron chi connectivity index (χ2n) is 7.88. The molecule has 0 spiro atoms. The zero-order chi connectivity index (χ0) is 18.4. The van der Waals surface area contributed by atoms with E-state index in [1.165, 1.54) is 37.1 Å². The molecular weight excluding hydrogens is 336 g/mol. The van der Waals surface area contributed by atoms with Crippen molar-refractivity contribution in [2.45, 2.75) is 51.3 Å².